The number of carbonyl (C=O) groups is 1. The summed E-state index contributed by atoms with van der Waals surface area (Å²) in [6.45, 7) is 0.0294. The average Bonchev–Trinajstić information content (AvgIpc) is 2.13. The van der Waals surface area contributed by atoms with E-state index in [0.29, 0.717) is 0 Å². The monoisotopic (exact) mass is 230 g/mol. The molecular weight excluding hydrogens is 224 g/mol. The lowest BCUT2D eigenvalue weighted by molar-refractivity contribution is -0.131. The van der Waals surface area contributed by atoms with Crippen LogP contribution in [0.2, 0.25) is 5.02 Å². The van der Waals surface area contributed by atoms with Crippen LogP contribution in [0.5, 0.6) is 0 Å². The van der Waals surface area contributed by atoms with E-state index in [1.165, 1.54) is 6.08 Å². The van der Waals surface area contributed by atoms with Gasteiger partial charge in [-0.1, -0.05) is 17.7 Å². The van der Waals surface area contributed by atoms with Crippen LogP contribution in [-0.4, -0.2) is 20.6 Å². The Morgan fingerprint density at radius 3 is 2.87 bits per heavy atom. The summed E-state index contributed by atoms with van der Waals surface area (Å²) in [5.74, 6) is -1.11. The molecule has 0 spiro atoms. The Bertz CT molecular complexity index is 514. The summed E-state index contributed by atoms with van der Waals surface area (Å²) in [6.07, 6.45) is 3.30. The standard InChI is InChI=1S/C8H7ClN2O4/c9-5-4-11(3-1-2-6(12)13)8(15)10-7(5)14/h1-2,4H,3H2,(H,12,13)(H,10,14,15)/b2-1+. The Morgan fingerprint density at radius 2 is 2.27 bits per heavy atom. The maximum Gasteiger partial charge on any atom is 0.328 e. The second kappa shape index (κ2) is 4.61. The molecule has 7 heteroatoms. The highest BCUT2D eigenvalue weighted by Gasteiger charge is 2.00. The number of hydrogen-bond acceptors (Lipinski definition) is 3. The van der Waals surface area contributed by atoms with Crippen molar-refractivity contribution < 1.29 is 9.90 Å². The fourth-order valence-electron chi connectivity index (χ4n) is 0.885. The van der Waals surface area contributed by atoms with Crippen LogP contribution in [0.3, 0.4) is 0 Å². The highest BCUT2D eigenvalue weighted by atomic mass is 35.5. The fraction of sp³-hybridized carbons (Fsp3) is 0.125. The summed E-state index contributed by atoms with van der Waals surface area (Å²) >= 11 is 5.48. The molecule has 0 atom stereocenters. The fourth-order valence-corrected chi connectivity index (χ4v) is 1.05. The Balaban J connectivity index is 2.97. The molecule has 0 aliphatic carbocycles. The third-order valence-corrected chi connectivity index (χ3v) is 1.80. The van der Waals surface area contributed by atoms with E-state index in [2.05, 4.69) is 0 Å². The normalized spacial score (nSPS) is 10.7. The lowest BCUT2D eigenvalue weighted by Gasteiger charge is -1.99. The molecule has 0 amide bonds. The predicted octanol–water partition coefficient (Wildman–Crippen LogP) is -0.169. The zero-order chi connectivity index (χ0) is 11.4. The van der Waals surface area contributed by atoms with Crippen molar-refractivity contribution >= 4 is 17.6 Å². The summed E-state index contributed by atoms with van der Waals surface area (Å²) < 4.78 is 1.09. The van der Waals surface area contributed by atoms with Gasteiger partial charge in [0.05, 0.1) is 0 Å². The van der Waals surface area contributed by atoms with Crippen LogP contribution >= 0.6 is 11.6 Å². The van der Waals surface area contributed by atoms with Gasteiger partial charge in [0.2, 0.25) is 0 Å². The van der Waals surface area contributed by atoms with Crippen LogP contribution in [0.25, 0.3) is 0 Å². The maximum absolute atomic E-state index is 11.1. The SMILES string of the molecule is O=C(O)/C=C/Cn1cc(Cl)c(=O)[nH]c1=O. The maximum atomic E-state index is 11.1. The largest absolute Gasteiger partial charge is 0.478 e. The van der Waals surface area contributed by atoms with Gasteiger partial charge in [0.25, 0.3) is 5.56 Å². The van der Waals surface area contributed by atoms with Crippen molar-refractivity contribution in [3.63, 3.8) is 0 Å². The predicted molar refractivity (Wildman–Crippen MR) is 53.1 cm³/mol. The van der Waals surface area contributed by atoms with Crippen molar-refractivity contribution in [2.45, 2.75) is 6.54 Å². The van der Waals surface area contributed by atoms with E-state index in [9.17, 15) is 14.4 Å². The number of carboxylic acids is 1. The molecule has 0 unspecified atom stereocenters. The number of aromatic amines is 1. The molecule has 0 aliphatic rings. The number of halogens is 1. The quantitative estimate of drug-likeness (QED) is 0.706. The number of nitrogens with one attached hydrogen (secondary N) is 1. The van der Waals surface area contributed by atoms with Crippen molar-refractivity contribution in [3.05, 3.63) is 44.2 Å². The van der Waals surface area contributed by atoms with Gasteiger partial charge in [-0.05, 0) is 0 Å². The molecule has 15 heavy (non-hydrogen) atoms. The summed E-state index contributed by atoms with van der Waals surface area (Å²) in [6, 6.07) is 0. The number of carboxylic acid groups (broad SMARTS) is 1. The Labute approximate surface area is 88.4 Å². The number of allylic oxidation sites excluding steroid dienone is 1. The Kier molecular flexibility index (Phi) is 3.46. The molecule has 0 aliphatic heterocycles. The Morgan fingerprint density at radius 1 is 1.60 bits per heavy atom. The number of hydrogen-bond donors (Lipinski definition) is 2. The van der Waals surface area contributed by atoms with Crippen LogP contribution in [0.1, 0.15) is 0 Å². The van der Waals surface area contributed by atoms with Gasteiger partial charge in [-0.2, -0.15) is 0 Å². The first-order valence-electron chi connectivity index (χ1n) is 3.89. The summed E-state index contributed by atoms with van der Waals surface area (Å²) in [5, 5.41) is 8.17. The van der Waals surface area contributed by atoms with Crippen LogP contribution in [0.4, 0.5) is 0 Å². The Hall–Kier alpha value is -1.82. The van der Waals surface area contributed by atoms with E-state index in [1.54, 1.807) is 0 Å². The molecule has 0 saturated carbocycles. The van der Waals surface area contributed by atoms with Crippen LogP contribution in [0, 0.1) is 0 Å². The van der Waals surface area contributed by atoms with E-state index < -0.39 is 17.2 Å². The third kappa shape index (κ3) is 3.10. The van der Waals surface area contributed by atoms with Crippen LogP contribution in [-0.2, 0) is 11.3 Å². The van der Waals surface area contributed by atoms with E-state index in [-0.39, 0.29) is 11.6 Å². The topological polar surface area (TPSA) is 92.2 Å². The van der Waals surface area contributed by atoms with E-state index >= 15 is 0 Å². The molecule has 0 bridgehead atoms. The first kappa shape index (κ1) is 11.3. The minimum absolute atomic E-state index is 0.0294. The molecule has 0 saturated heterocycles. The van der Waals surface area contributed by atoms with Gasteiger partial charge in [-0.3, -0.25) is 14.3 Å². The molecule has 80 valence electrons. The average molecular weight is 231 g/mol. The van der Waals surface area contributed by atoms with Gasteiger partial charge in [0.15, 0.2) is 0 Å². The van der Waals surface area contributed by atoms with Gasteiger partial charge in [0, 0.05) is 18.8 Å². The molecule has 0 radical (unpaired) electrons. The summed E-state index contributed by atoms with van der Waals surface area (Å²) in [4.78, 5) is 34.1. The van der Waals surface area contributed by atoms with Gasteiger partial charge in [-0.25, -0.2) is 9.59 Å². The zero-order valence-corrected chi connectivity index (χ0v) is 8.19. The van der Waals surface area contributed by atoms with Gasteiger partial charge < -0.3 is 5.11 Å². The van der Waals surface area contributed by atoms with E-state index in [0.717, 1.165) is 16.8 Å². The number of nitrogens with zero attached hydrogens (tertiary/aromatic N) is 1. The number of H-pyrrole nitrogens is 1. The molecule has 6 nitrogen and oxygen atoms in total. The van der Waals surface area contributed by atoms with Crippen molar-refractivity contribution in [2.75, 3.05) is 0 Å². The first-order valence-corrected chi connectivity index (χ1v) is 4.27. The number of rotatable bonds is 3. The molecule has 1 aromatic heterocycles. The zero-order valence-electron chi connectivity index (χ0n) is 7.44. The second-order valence-corrected chi connectivity index (χ2v) is 3.04. The number of aromatic nitrogens is 2. The molecule has 0 fully saturated rings. The molecule has 2 N–H and O–H groups in total. The smallest absolute Gasteiger partial charge is 0.328 e. The number of aliphatic carboxylic acids is 1. The van der Waals surface area contributed by atoms with Gasteiger partial charge >= 0.3 is 11.7 Å². The molecule has 1 heterocycles. The van der Waals surface area contributed by atoms with E-state index in [1.807, 2.05) is 4.98 Å². The lowest BCUT2D eigenvalue weighted by atomic mass is 10.5. The minimum Gasteiger partial charge on any atom is -0.478 e. The van der Waals surface area contributed by atoms with Crippen molar-refractivity contribution in [1.29, 1.82) is 0 Å². The molecule has 0 aromatic carbocycles. The van der Waals surface area contributed by atoms with Crippen molar-refractivity contribution in [3.8, 4) is 0 Å². The first-order chi connectivity index (χ1) is 7.00. The summed E-state index contributed by atoms with van der Waals surface area (Å²) in [7, 11) is 0. The third-order valence-electron chi connectivity index (χ3n) is 1.53. The summed E-state index contributed by atoms with van der Waals surface area (Å²) in [5.41, 5.74) is -1.31. The second-order valence-electron chi connectivity index (χ2n) is 2.63. The molecule has 1 aromatic rings. The van der Waals surface area contributed by atoms with Crippen LogP contribution in [0.15, 0.2) is 27.9 Å². The van der Waals surface area contributed by atoms with E-state index in [4.69, 9.17) is 16.7 Å². The van der Waals surface area contributed by atoms with Gasteiger partial charge in [-0.15, -0.1) is 0 Å². The highest BCUT2D eigenvalue weighted by molar-refractivity contribution is 6.30. The van der Waals surface area contributed by atoms with Crippen molar-refractivity contribution in [2.24, 2.45) is 0 Å². The lowest BCUT2D eigenvalue weighted by Crippen LogP contribution is -2.29. The van der Waals surface area contributed by atoms with Crippen molar-refractivity contribution in [1.82, 2.24) is 9.55 Å². The molecular formula is C8H7ClN2O4. The molecule has 1 rings (SSSR count). The van der Waals surface area contributed by atoms with Crippen LogP contribution < -0.4 is 11.2 Å². The minimum atomic E-state index is -1.11. The highest BCUT2D eigenvalue weighted by Crippen LogP contribution is 1.95. The van der Waals surface area contributed by atoms with Gasteiger partial charge in [0.1, 0.15) is 5.02 Å².